The molecule has 25 heavy (non-hydrogen) atoms. The first-order valence-corrected chi connectivity index (χ1v) is 8.07. The lowest BCUT2D eigenvalue weighted by Gasteiger charge is -2.14. The summed E-state index contributed by atoms with van der Waals surface area (Å²) in [5, 5.41) is 0. The van der Waals surface area contributed by atoms with E-state index < -0.39 is 0 Å². The van der Waals surface area contributed by atoms with Gasteiger partial charge in [-0.1, -0.05) is 54.6 Å². The van der Waals surface area contributed by atoms with Gasteiger partial charge in [-0.3, -0.25) is 9.79 Å². The highest BCUT2D eigenvalue weighted by atomic mass is 16.5. The molecular formula is C22H19NO2. The van der Waals surface area contributed by atoms with Crippen LogP contribution in [0.4, 0.5) is 5.69 Å². The average Bonchev–Trinajstić information content (AvgIpc) is 2.66. The van der Waals surface area contributed by atoms with E-state index in [1.54, 1.807) is 14.0 Å². The van der Waals surface area contributed by atoms with Gasteiger partial charge in [0.25, 0.3) is 0 Å². The van der Waals surface area contributed by atoms with Gasteiger partial charge in [-0.2, -0.15) is 0 Å². The molecule has 0 radical (unpaired) electrons. The normalized spacial score (nSPS) is 10.8. The molecule has 0 aliphatic rings. The number of methoxy groups -OCH3 is 1. The summed E-state index contributed by atoms with van der Waals surface area (Å²) >= 11 is 0. The van der Waals surface area contributed by atoms with E-state index in [9.17, 15) is 4.79 Å². The first-order chi connectivity index (χ1) is 12.2. The standard InChI is InChI=1S/C22H19NO2/c1-16(24)19-13-8-14-21(25-2)22(19)20-12-7-6-9-17(20)15-23-18-10-4-3-5-11-18/h3-15H,1-2H3. The maximum atomic E-state index is 12.1. The fraction of sp³-hybridized carbons (Fsp3) is 0.0909. The number of ketones is 1. The first kappa shape index (κ1) is 16.7. The molecule has 3 aromatic rings. The molecule has 0 aliphatic carbocycles. The van der Waals surface area contributed by atoms with Crippen LogP contribution < -0.4 is 4.74 Å². The topological polar surface area (TPSA) is 38.7 Å². The molecule has 3 rings (SSSR count). The number of carbonyl (C=O) groups is 1. The zero-order valence-electron chi connectivity index (χ0n) is 14.3. The fourth-order valence-corrected chi connectivity index (χ4v) is 2.77. The van der Waals surface area contributed by atoms with Crippen LogP contribution in [0.5, 0.6) is 5.75 Å². The van der Waals surface area contributed by atoms with Crippen molar-refractivity contribution in [1.29, 1.82) is 0 Å². The predicted molar refractivity (Wildman–Crippen MR) is 102 cm³/mol. The number of ether oxygens (including phenoxy) is 1. The Morgan fingerprint density at radius 2 is 1.64 bits per heavy atom. The highest BCUT2D eigenvalue weighted by Gasteiger charge is 2.16. The van der Waals surface area contributed by atoms with Crippen LogP contribution in [-0.4, -0.2) is 19.1 Å². The number of nitrogens with zero attached hydrogens (tertiary/aromatic N) is 1. The molecule has 0 saturated heterocycles. The van der Waals surface area contributed by atoms with Crippen LogP contribution in [0.25, 0.3) is 11.1 Å². The SMILES string of the molecule is COc1cccc(C(C)=O)c1-c1ccccc1C=Nc1ccccc1. The van der Waals surface area contributed by atoms with Crippen molar-refractivity contribution in [2.45, 2.75) is 6.92 Å². The molecule has 0 atom stereocenters. The van der Waals surface area contributed by atoms with Gasteiger partial charge in [-0.25, -0.2) is 0 Å². The third kappa shape index (κ3) is 3.66. The number of hydrogen-bond donors (Lipinski definition) is 0. The Bertz CT molecular complexity index is 914. The predicted octanol–water partition coefficient (Wildman–Crippen LogP) is 5.32. The van der Waals surface area contributed by atoms with Crippen molar-refractivity contribution < 1.29 is 9.53 Å². The summed E-state index contributed by atoms with van der Waals surface area (Å²) in [6, 6.07) is 23.2. The molecule has 0 saturated carbocycles. The van der Waals surface area contributed by atoms with Crippen LogP contribution in [-0.2, 0) is 0 Å². The summed E-state index contributed by atoms with van der Waals surface area (Å²) in [5.41, 5.74) is 4.17. The van der Waals surface area contributed by atoms with Gasteiger partial charge in [0.15, 0.2) is 5.78 Å². The summed E-state index contributed by atoms with van der Waals surface area (Å²) in [6.07, 6.45) is 1.82. The van der Waals surface area contributed by atoms with E-state index in [0.717, 1.165) is 22.4 Å². The van der Waals surface area contributed by atoms with E-state index in [0.29, 0.717) is 11.3 Å². The molecule has 3 nitrogen and oxygen atoms in total. The minimum Gasteiger partial charge on any atom is -0.496 e. The Hall–Kier alpha value is -3.20. The summed E-state index contributed by atoms with van der Waals surface area (Å²) in [7, 11) is 1.61. The largest absolute Gasteiger partial charge is 0.496 e. The minimum atomic E-state index is 0.00343. The van der Waals surface area contributed by atoms with E-state index in [2.05, 4.69) is 4.99 Å². The first-order valence-electron chi connectivity index (χ1n) is 8.07. The van der Waals surface area contributed by atoms with E-state index in [4.69, 9.17) is 4.74 Å². The molecule has 0 aliphatic heterocycles. The van der Waals surface area contributed by atoms with Crippen molar-refractivity contribution in [2.75, 3.05) is 7.11 Å². The molecule has 0 N–H and O–H groups in total. The summed E-state index contributed by atoms with van der Waals surface area (Å²) < 4.78 is 5.51. The lowest BCUT2D eigenvalue weighted by Crippen LogP contribution is -2.01. The zero-order valence-corrected chi connectivity index (χ0v) is 14.3. The molecule has 3 aromatic carbocycles. The molecule has 0 amide bonds. The van der Waals surface area contributed by atoms with E-state index >= 15 is 0 Å². The highest BCUT2D eigenvalue weighted by Crippen LogP contribution is 2.35. The second kappa shape index (κ2) is 7.58. The molecule has 0 fully saturated rings. The smallest absolute Gasteiger partial charge is 0.160 e. The van der Waals surface area contributed by atoms with Crippen LogP contribution >= 0.6 is 0 Å². The lowest BCUT2D eigenvalue weighted by molar-refractivity contribution is 0.101. The quantitative estimate of drug-likeness (QED) is 0.469. The fourth-order valence-electron chi connectivity index (χ4n) is 2.77. The lowest BCUT2D eigenvalue weighted by atomic mass is 9.93. The van der Waals surface area contributed by atoms with Crippen molar-refractivity contribution in [3.8, 4) is 16.9 Å². The molecule has 0 heterocycles. The summed E-state index contributed by atoms with van der Waals surface area (Å²) in [6.45, 7) is 1.57. The molecule has 0 spiro atoms. The molecule has 0 bridgehead atoms. The Morgan fingerprint density at radius 3 is 2.36 bits per heavy atom. The van der Waals surface area contributed by atoms with Gasteiger partial charge in [0.2, 0.25) is 0 Å². The molecule has 3 heteroatoms. The molecular weight excluding hydrogens is 310 g/mol. The van der Waals surface area contributed by atoms with Gasteiger partial charge in [0.1, 0.15) is 5.75 Å². The van der Waals surface area contributed by atoms with Crippen molar-refractivity contribution in [2.24, 2.45) is 4.99 Å². The van der Waals surface area contributed by atoms with Gasteiger partial charge < -0.3 is 4.74 Å². The zero-order chi connectivity index (χ0) is 17.6. The van der Waals surface area contributed by atoms with E-state index in [1.807, 2.05) is 79.0 Å². The monoisotopic (exact) mass is 329 g/mol. The number of rotatable bonds is 5. The van der Waals surface area contributed by atoms with E-state index in [-0.39, 0.29) is 5.78 Å². The van der Waals surface area contributed by atoms with Crippen LogP contribution in [0.1, 0.15) is 22.8 Å². The average molecular weight is 329 g/mol. The van der Waals surface area contributed by atoms with Crippen LogP contribution in [0, 0.1) is 0 Å². The highest BCUT2D eigenvalue weighted by molar-refractivity contribution is 6.05. The second-order valence-electron chi connectivity index (χ2n) is 5.62. The number of benzene rings is 3. The maximum Gasteiger partial charge on any atom is 0.160 e. The van der Waals surface area contributed by atoms with Crippen molar-refractivity contribution in [1.82, 2.24) is 0 Å². The van der Waals surface area contributed by atoms with Crippen LogP contribution in [0.3, 0.4) is 0 Å². The molecule has 0 unspecified atom stereocenters. The Balaban J connectivity index is 2.14. The minimum absolute atomic E-state index is 0.00343. The van der Waals surface area contributed by atoms with Gasteiger partial charge in [0.05, 0.1) is 12.8 Å². The number of carbonyl (C=O) groups excluding carboxylic acids is 1. The number of para-hydroxylation sites is 1. The molecule has 124 valence electrons. The van der Waals surface area contributed by atoms with Crippen molar-refractivity contribution in [3.63, 3.8) is 0 Å². The summed E-state index contributed by atoms with van der Waals surface area (Å²) in [4.78, 5) is 16.7. The van der Waals surface area contributed by atoms with Crippen LogP contribution in [0.2, 0.25) is 0 Å². The third-order valence-corrected chi connectivity index (χ3v) is 3.96. The van der Waals surface area contributed by atoms with Gasteiger partial charge >= 0.3 is 0 Å². The Kier molecular flexibility index (Phi) is 5.05. The van der Waals surface area contributed by atoms with E-state index in [1.165, 1.54) is 0 Å². The van der Waals surface area contributed by atoms with Crippen LogP contribution in [0.15, 0.2) is 77.8 Å². The van der Waals surface area contributed by atoms with Crippen molar-refractivity contribution >= 4 is 17.7 Å². The van der Waals surface area contributed by atoms with Gasteiger partial charge in [-0.15, -0.1) is 0 Å². The number of hydrogen-bond acceptors (Lipinski definition) is 3. The summed E-state index contributed by atoms with van der Waals surface area (Å²) in [5.74, 6) is 0.678. The van der Waals surface area contributed by atoms with Crippen molar-refractivity contribution in [3.05, 3.63) is 83.9 Å². The van der Waals surface area contributed by atoms with Gasteiger partial charge in [0, 0.05) is 22.9 Å². The Labute approximate surface area is 147 Å². The third-order valence-electron chi connectivity index (χ3n) is 3.96. The Morgan fingerprint density at radius 1 is 0.920 bits per heavy atom. The molecule has 0 aromatic heterocycles. The number of aliphatic imine (C=N–C) groups is 1. The maximum absolute atomic E-state index is 12.1. The van der Waals surface area contributed by atoms with Gasteiger partial charge in [-0.05, 0) is 30.7 Å². The second-order valence-corrected chi connectivity index (χ2v) is 5.62. The number of Topliss-reactive ketones (excluding diaryl/α,β-unsaturated/α-hetero) is 1.